The molecule has 0 unspecified atom stereocenters. The molecule has 2 rings (SSSR count). The molecule has 1 fully saturated rings. The zero-order chi connectivity index (χ0) is 9.47. The van der Waals surface area contributed by atoms with Crippen molar-refractivity contribution in [2.45, 2.75) is 12.5 Å². The summed E-state index contributed by atoms with van der Waals surface area (Å²) in [5.41, 5.74) is 5.80. The standard InChI is InChI=1S/C8H11BrN4/c1-8(10)4-13(5-8)7-11-2-6(9)3-12-7/h2-3H,4-5,10H2,1H3. The number of rotatable bonds is 1. The van der Waals surface area contributed by atoms with Gasteiger partial charge in [-0.05, 0) is 22.9 Å². The Kier molecular flexibility index (Phi) is 2.00. The van der Waals surface area contributed by atoms with Crippen LogP contribution in [0.4, 0.5) is 5.95 Å². The average Bonchev–Trinajstić information content (AvgIpc) is 2.01. The molecule has 13 heavy (non-hydrogen) atoms. The van der Waals surface area contributed by atoms with Gasteiger partial charge in [0, 0.05) is 31.0 Å². The van der Waals surface area contributed by atoms with E-state index in [1.54, 1.807) is 12.4 Å². The van der Waals surface area contributed by atoms with Gasteiger partial charge in [-0.25, -0.2) is 9.97 Å². The second kappa shape index (κ2) is 2.92. The number of hydrogen-bond acceptors (Lipinski definition) is 4. The Balaban J connectivity index is 2.08. The first-order valence-electron chi connectivity index (χ1n) is 4.08. The molecular weight excluding hydrogens is 232 g/mol. The Morgan fingerprint density at radius 2 is 2.00 bits per heavy atom. The second-order valence-corrected chi connectivity index (χ2v) is 4.63. The van der Waals surface area contributed by atoms with Crippen molar-refractivity contribution in [2.24, 2.45) is 5.73 Å². The predicted octanol–water partition coefficient (Wildman–Crippen LogP) is 0.776. The summed E-state index contributed by atoms with van der Waals surface area (Å²) in [6.07, 6.45) is 3.49. The van der Waals surface area contributed by atoms with E-state index in [0.717, 1.165) is 23.5 Å². The van der Waals surface area contributed by atoms with E-state index in [1.165, 1.54) is 0 Å². The van der Waals surface area contributed by atoms with Crippen molar-refractivity contribution in [3.8, 4) is 0 Å². The first-order chi connectivity index (χ1) is 6.07. The Morgan fingerprint density at radius 3 is 2.46 bits per heavy atom. The van der Waals surface area contributed by atoms with Gasteiger partial charge in [-0.2, -0.15) is 0 Å². The normalized spacial score (nSPS) is 19.8. The largest absolute Gasteiger partial charge is 0.337 e. The lowest BCUT2D eigenvalue weighted by molar-refractivity contribution is 0.360. The van der Waals surface area contributed by atoms with Crippen LogP contribution in [0.5, 0.6) is 0 Å². The lowest BCUT2D eigenvalue weighted by Gasteiger charge is -2.45. The minimum atomic E-state index is -0.0730. The van der Waals surface area contributed by atoms with Crippen molar-refractivity contribution in [3.05, 3.63) is 16.9 Å². The highest BCUT2D eigenvalue weighted by atomic mass is 79.9. The molecule has 2 heterocycles. The van der Waals surface area contributed by atoms with Crippen LogP contribution in [0.15, 0.2) is 16.9 Å². The average molecular weight is 243 g/mol. The summed E-state index contributed by atoms with van der Waals surface area (Å²) in [5, 5.41) is 0. The minimum absolute atomic E-state index is 0.0730. The third-order valence-corrected chi connectivity index (χ3v) is 2.40. The first kappa shape index (κ1) is 8.90. The smallest absolute Gasteiger partial charge is 0.225 e. The fraction of sp³-hybridized carbons (Fsp3) is 0.500. The molecule has 1 aliphatic rings. The van der Waals surface area contributed by atoms with Gasteiger partial charge in [0.15, 0.2) is 0 Å². The first-order valence-corrected chi connectivity index (χ1v) is 4.87. The molecule has 2 N–H and O–H groups in total. The van der Waals surface area contributed by atoms with Gasteiger partial charge in [0.25, 0.3) is 0 Å². The number of aromatic nitrogens is 2. The molecule has 0 spiro atoms. The van der Waals surface area contributed by atoms with Crippen molar-refractivity contribution in [1.29, 1.82) is 0 Å². The number of hydrogen-bond donors (Lipinski definition) is 1. The van der Waals surface area contributed by atoms with Crippen LogP contribution in [0.2, 0.25) is 0 Å². The summed E-state index contributed by atoms with van der Waals surface area (Å²) in [6.45, 7) is 3.69. The van der Waals surface area contributed by atoms with Crippen LogP contribution in [-0.2, 0) is 0 Å². The molecule has 0 amide bonds. The van der Waals surface area contributed by atoms with Crippen molar-refractivity contribution in [1.82, 2.24) is 9.97 Å². The number of anilines is 1. The molecule has 1 aromatic heterocycles. The molecule has 4 nitrogen and oxygen atoms in total. The molecule has 0 aliphatic carbocycles. The molecule has 0 bridgehead atoms. The molecule has 0 aromatic carbocycles. The summed E-state index contributed by atoms with van der Waals surface area (Å²) in [5.74, 6) is 0.756. The van der Waals surface area contributed by atoms with Gasteiger partial charge in [0.1, 0.15) is 0 Å². The maximum absolute atomic E-state index is 5.87. The van der Waals surface area contributed by atoms with E-state index >= 15 is 0 Å². The van der Waals surface area contributed by atoms with Crippen molar-refractivity contribution < 1.29 is 0 Å². The van der Waals surface area contributed by atoms with E-state index in [0.29, 0.717) is 0 Å². The molecule has 1 saturated heterocycles. The Morgan fingerprint density at radius 1 is 1.46 bits per heavy atom. The topological polar surface area (TPSA) is 55.0 Å². The van der Waals surface area contributed by atoms with Crippen LogP contribution in [0.25, 0.3) is 0 Å². The van der Waals surface area contributed by atoms with E-state index in [9.17, 15) is 0 Å². The van der Waals surface area contributed by atoms with Crippen LogP contribution < -0.4 is 10.6 Å². The highest BCUT2D eigenvalue weighted by Gasteiger charge is 2.36. The third-order valence-electron chi connectivity index (χ3n) is 1.99. The quantitative estimate of drug-likeness (QED) is 0.791. The lowest BCUT2D eigenvalue weighted by atomic mass is 9.94. The van der Waals surface area contributed by atoms with Gasteiger partial charge in [-0.1, -0.05) is 0 Å². The summed E-state index contributed by atoms with van der Waals surface area (Å²) in [6, 6.07) is 0. The highest BCUT2D eigenvalue weighted by molar-refractivity contribution is 9.10. The lowest BCUT2D eigenvalue weighted by Crippen LogP contribution is -2.66. The van der Waals surface area contributed by atoms with E-state index < -0.39 is 0 Å². The molecular formula is C8H11BrN4. The fourth-order valence-corrected chi connectivity index (χ4v) is 1.64. The number of nitrogens with two attached hydrogens (primary N) is 1. The summed E-state index contributed by atoms with van der Waals surface area (Å²) in [4.78, 5) is 10.4. The van der Waals surface area contributed by atoms with Crippen molar-refractivity contribution >= 4 is 21.9 Å². The minimum Gasteiger partial charge on any atom is -0.337 e. The molecule has 0 atom stereocenters. The highest BCUT2D eigenvalue weighted by Crippen LogP contribution is 2.22. The van der Waals surface area contributed by atoms with Gasteiger partial charge in [0.05, 0.1) is 4.47 Å². The zero-order valence-corrected chi connectivity index (χ0v) is 8.95. The van der Waals surface area contributed by atoms with Gasteiger partial charge in [-0.3, -0.25) is 0 Å². The maximum atomic E-state index is 5.87. The van der Waals surface area contributed by atoms with E-state index in [4.69, 9.17) is 5.73 Å². The van der Waals surface area contributed by atoms with Crippen LogP contribution >= 0.6 is 15.9 Å². The second-order valence-electron chi connectivity index (χ2n) is 3.71. The van der Waals surface area contributed by atoms with E-state index in [2.05, 4.69) is 30.8 Å². The molecule has 5 heteroatoms. The van der Waals surface area contributed by atoms with E-state index in [1.807, 2.05) is 6.92 Å². The molecule has 1 aliphatic heterocycles. The number of nitrogens with zero attached hydrogens (tertiary/aromatic N) is 3. The molecule has 0 saturated carbocycles. The number of halogens is 1. The van der Waals surface area contributed by atoms with Crippen LogP contribution in [0.3, 0.4) is 0 Å². The SMILES string of the molecule is CC1(N)CN(c2ncc(Br)cn2)C1. The third kappa shape index (κ3) is 1.81. The van der Waals surface area contributed by atoms with Crippen LogP contribution in [0.1, 0.15) is 6.92 Å². The fourth-order valence-electron chi connectivity index (χ4n) is 1.44. The van der Waals surface area contributed by atoms with Gasteiger partial charge in [0.2, 0.25) is 5.95 Å². The van der Waals surface area contributed by atoms with Gasteiger partial charge >= 0.3 is 0 Å². The summed E-state index contributed by atoms with van der Waals surface area (Å²) in [7, 11) is 0. The molecule has 0 radical (unpaired) electrons. The van der Waals surface area contributed by atoms with Crippen molar-refractivity contribution in [3.63, 3.8) is 0 Å². The molecule has 70 valence electrons. The van der Waals surface area contributed by atoms with Crippen LogP contribution in [-0.4, -0.2) is 28.6 Å². The monoisotopic (exact) mass is 242 g/mol. The predicted molar refractivity (Wildman–Crippen MR) is 54.5 cm³/mol. The Bertz CT molecular complexity index is 300. The Hall–Kier alpha value is -0.680. The zero-order valence-electron chi connectivity index (χ0n) is 7.37. The van der Waals surface area contributed by atoms with Crippen molar-refractivity contribution in [2.75, 3.05) is 18.0 Å². The Labute approximate surface area is 85.3 Å². The van der Waals surface area contributed by atoms with Crippen LogP contribution in [0, 0.1) is 0 Å². The molecule has 1 aromatic rings. The maximum Gasteiger partial charge on any atom is 0.225 e. The van der Waals surface area contributed by atoms with Gasteiger partial charge < -0.3 is 10.6 Å². The summed E-state index contributed by atoms with van der Waals surface area (Å²) < 4.78 is 0.896. The summed E-state index contributed by atoms with van der Waals surface area (Å²) >= 11 is 3.29. The van der Waals surface area contributed by atoms with Gasteiger partial charge in [-0.15, -0.1) is 0 Å². The van der Waals surface area contributed by atoms with E-state index in [-0.39, 0.29) is 5.54 Å².